The maximum absolute atomic E-state index is 12.8. The number of pyridine rings is 2. The van der Waals surface area contributed by atoms with Crippen molar-refractivity contribution in [2.24, 2.45) is 0 Å². The lowest BCUT2D eigenvalue weighted by Crippen LogP contribution is -2.06. The van der Waals surface area contributed by atoms with Crippen LogP contribution in [-0.2, 0) is 0 Å². The van der Waals surface area contributed by atoms with Crippen molar-refractivity contribution >= 4 is 45.8 Å². The largest absolute Gasteiger partial charge is 0.456 e. The molecule has 0 atom stereocenters. The molecule has 0 spiro atoms. The number of carbonyl (C=O) groups excluding carboxylic acids is 1. The van der Waals surface area contributed by atoms with Crippen LogP contribution in [-0.4, -0.2) is 35.9 Å². The molecule has 5 rings (SSSR count). The first-order chi connectivity index (χ1) is 14.7. The third kappa shape index (κ3) is 3.74. The van der Waals surface area contributed by atoms with E-state index in [-0.39, 0.29) is 11.5 Å². The van der Waals surface area contributed by atoms with Gasteiger partial charge >= 0.3 is 0 Å². The van der Waals surface area contributed by atoms with Gasteiger partial charge in [0.25, 0.3) is 0 Å². The van der Waals surface area contributed by atoms with Crippen LogP contribution in [0.4, 0.5) is 0 Å². The molecule has 0 bridgehead atoms. The second-order valence-corrected chi connectivity index (χ2v) is 7.84. The maximum atomic E-state index is 12.8. The normalized spacial score (nSPS) is 11.2. The van der Waals surface area contributed by atoms with Gasteiger partial charge in [-0.25, -0.2) is 9.97 Å². The Labute approximate surface area is 180 Å². The molecule has 148 valence electrons. The van der Waals surface area contributed by atoms with E-state index in [4.69, 9.17) is 16.3 Å². The van der Waals surface area contributed by atoms with Gasteiger partial charge in [-0.05, 0) is 36.4 Å². The molecule has 0 saturated heterocycles. The van der Waals surface area contributed by atoms with Crippen LogP contribution in [0.15, 0.2) is 72.4 Å². The average molecular weight is 436 g/mol. The first kappa shape index (κ1) is 18.7. The number of ether oxygens (including phenoxy) is 1. The molecule has 1 N–H and O–H groups in total. The fourth-order valence-electron chi connectivity index (χ4n) is 3.01. The van der Waals surface area contributed by atoms with Crippen LogP contribution in [0.2, 0.25) is 5.02 Å². The molecule has 0 saturated carbocycles. The number of ketones is 1. The van der Waals surface area contributed by atoms with Crippen LogP contribution < -0.4 is 4.74 Å². The van der Waals surface area contributed by atoms with Crippen molar-refractivity contribution < 1.29 is 9.53 Å². The highest BCUT2D eigenvalue weighted by Crippen LogP contribution is 2.24. The minimum absolute atomic E-state index is 0.0492. The number of halogens is 1. The molecule has 7 nitrogen and oxygen atoms in total. The Morgan fingerprint density at radius 3 is 2.97 bits per heavy atom. The van der Waals surface area contributed by atoms with Crippen LogP contribution in [0, 0.1) is 0 Å². The van der Waals surface area contributed by atoms with Gasteiger partial charge in [0, 0.05) is 23.5 Å². The lowest BCUT2D eigenvalue weighted by atomic mass is 10.3. The lowest BCUT2D eigenvalue weighted by Gasteiger charge is -2.06. The van der Waals surface area contributed by atoms with Crippen LogP contribution in [0.5, 0.6) is 11.5 Å². The van der Waals surface area contributed by atoms with E-state index in [2.05, 4.69) is 19.9 Å². The summed E-state index contributed by atoms with van der Waals surface area (Å²) in [6.45, 7) is 0. The Balaban J connectivity index is 1.31. The van der Waals surface area contributed by atoms with Gasteiger partial charge in [0.1, 0.15) is 22.8 Å². The molecular weight excluding hydrogens is 422 g/mol. The van der Waals surface area contributed by atoms with E-state index in [1.54, 1.807) is 59.5 Å². The third-order valence-electron chi connectivity index (χ3n) is 4.40. The van der Waals surface area contributed by atoms with Crippen LogP contribution in [0.25, 0.3) is 16.7 Å². The average Bonchev–Trinajstić information content (AvgIpc) is 3.36. The van der Waals surface area contributed by atoms with Crippen molar-refractivity contribution in [1.82, 2.24) is 24.3 Å². The molecule has 0 aliphatic carbocycles. The zero-order valence-corrected chi connectivity index (χ0v) is 17.0. The third-order valence-corrected chi connectivity index (χ3v) is 5.51. The molecular formula is C21H14ClN5O2S. The van der Waals surface area contributed by atoms with Gasteiger partial charge in [-0.1, -0.05) is 23.4 Å². The van der Waals surface area contributed by atoms with E-state index in [1.165, 1.54) is 11.8 Å². The topological polar surface area (TPSA) is 85.2 Å². The summed E-state index contributed by atoms with van der Waals surface area (Å²) in [5.41, 5.74) is 2.78. The number of nitrogens with one attached hydrogen (secondary N) is 1. The zero-order chi connectivity index (χ0) is 20.5. The van der Waals surface area contributed by atoms with Crippen molar-refractivity contribution in [3.8, 4) is 11.5 Å². The smallest absolute Gasteiger partial charge is 0.191 e. The lowest BCUT2D eigenvalue weighted by molar-refractivity contribution is 0.101. The number of imidazole rings is 2. The Kier molecular flexibility index (Phi) is 4.86. The Bertz CT molecular complexity index is 1370. The number of nitrogens with zero attached hydrogens (tertiary/aromatic N) is 4. The van der Waals surface area contributed by atoms with E-state index < -0.39 is 0 Å². The van der Waals surface area contributed by atoms with Crippen molar-refractivity contribution in [3.05, 3.63) is 78.0 Å². The quantitative estimate of drug-likeness (QED) is 0.297. The van der Waals surface area contributed by atoms with E-state index in [0.717, 1.165) is 11.0 Å². The summed E-state index contributed by atoms with van der Waals surface area (Å²) in [7, 11) is 0. The van der Waals surface area contributed by atoms with E-state index >= 15 is 0 Å². The maximum Gasteiger partial charge on any atom is 0.191 e. The number of aromatic nitrogens is 5. The monoisotopic (exact) mass is 435 g/mol. The molecule has 0 aliphatic heterocycles. The number of carbonyl (C=O) groups is 1. The van der Waals surface area contributed by atoms with Crippen molar-refractivity contribution in [1.29, 1.82) is 0 Å². The molecule has 30 heavy (non-hydrogen) atoms. The minimum atomic E-state index is -0.0492. The Morgan fingerprint density at radius 2 is 2.10 bits per heavy atom. The summed E-state index contributed by atoms with van der Waals surface area (Å²) in [5.74, 6) is 1.44. The molecule has 5 aromatic rings. The molecule has 0 amide bonds. The number of fused-ring (bicyclic) bond motifs is 2. The number of benzene rings is 1. The number of Topliss-reactive ketones (excluding diaryl/α,β-unsaturated/α-hetero) is 1. The van der Waals surface area contributed by atoms with Crippen molar-refractivity contribution in [2.75, 3.05) is 5.75 Å². The fourth-order valence-corrected chi connectivity index (χ4v) is 3.93. The summed E-state index contributed by atoms with van der Waals surface area (Å²) >= 11 is 7.34. The first-order valence-corrected chi connectivity index (χ1v) is 10.4. The first-order valence-electron chi connectivity index (χ1n) is 9.02. The van der Waals surface area contributed by atoms with Gasteiger partial charge < -0.3 is 9.72 Å². The Morgan fingerprint density at radius 1 is 1.17 bits per heavy atom. The summed E-state index contributed by atoms with van der Waals surface area (Å²) in [6, 6.07) is 12.6. The molecule has 0 fully saturated rings. The van der Waals surface area contributed by atoms with Crippen molar-refractivity contribution in [3.63, 3.8) is 0 Å². The number of H-pyrrole nitrogens is 1. The summed E-state index contributed by atoms with van der Waals surface area (Å²) in [6.07, 6.45) is 6.66. The van der Waals surface area contributed by atoms with Gasteiger partial charge in [0.15, 0.2) is 10.9 Å². The predicted molar refractivity (Wildman–Crippen MR) is 116 cm³/mol. The SMILES string of the molecule is O=C(CSc1nc2cc(Cl)ccc2[nH]1)c1cnc2cc(Oc3cccnc3)ccn12. The zero-order valence-electron chi connectivity index (χ0n) is 15.4. The van der Waals surface area contributed by atoms with E-state index in [1.807, 2.05) is 12.1 Å². The highest BCUT2D eigenvalue weighted by atomic mass is 35.5. The second-order valence-electron chi connectivity index (χ2n) is 6.44. The summed E-state index contributed by atoms with van der Waals surface area (Å²) < 4.78 is 7.52. The minimum Gasteiger partial charge on any atom is -0.456 e. The van der Waals surface area contributed by atoms with Gasteiger partial charge in [-0.3, -0.25) is 14.2 Å². The van der Waals surface area contributed by atoms with Gasteiger partial charge in [-0.2, -0.15) is 0 Å². The van der Waals surface area contributed by atoms with Crippen LogP contribution >= 0.6 is 23.4 Å². The summed E-state index contributed by atoms with van der Waals surface area (Å²) in [4.78, 5) is 28.8. The van der Waals surface area contributed by atoms with E-state index in [0.29, 0.717) is 33.0 Å². The van der Waals surface area contributed by atoms with Crippen LogP contribution in [0.3, 0.4) is 0 Å². The molecule has 0 aliphatic rings. The fraction of sp³-hybridized carbons (Fsp3) is 0.0476. The van der Waals surface area contributed by atoms with Crippen molar-refractivity contribution in [2.45, 2.75) is 5.16 Å². The molecule has 0 radical (unpaired) electrons. The molecule has 1 aromatic carbocycles. The predicted octanol–water partition coefficient (Wildman–Crippen LogP) is 5.03. The highest BCUT2D eigenvalue weighted by molar-refractivity contribution is 7.99. The second kappa shape index (κ2) is 7.81. The number of thioether (sulfide) groups is 1. The number of rotatable bonds is 6. The molecule has 4 heterocycles. The van der Waals surface area contributed by atoms with Gasteiger partial charge in [0.05, 0.1) is 29.2 Å². The standard InChI is InChI=1S/C21H14ClN5O2S/c22-13-3-4-16-17(8-13)26-21(25-16)30-12-19(28)18-11-24-20-9-14(5-7-27(18)20)29-15-2-1-6-23-10-15/h1-11H,12H2,(H,25,26). The van der Waals surface area contributed by atoms with Crippen LogP contribution in [0.1, 0.15) is 10.5 Å². The Hall–Kier alpha value is -3.36. The van der Waals surface area contributed by atoms with Gasteiger partial charge in [0.2, 0.25) is 0 Å². The van der Waals surface area contributed by atoms with E-state index in [9.17, 15) is 4.79 Å². The molecule has 4 aromatic heterocycles. The molecule has 0 unspecified atom stereocenters. The van der Waals surface area contributed by atoms with Gasteiger partial charge in [-0.15, -0.1) is 0 Å². The highest BCUT2D eigenvalue weighted by Gasteiger charge is 2.15. The number of hydrogen-bond acceptors (Lipinski definition) is 6. The number of aromatic amines is 1. The molecule has 9 heteroatoms. The number of hydrogen-bond donors (Lipinski definition) is 1. The summed E-state index contributed by atoms with van der Waals surface area (Å²) in [5, 5.41) is 1.29.